The molecular formula is C22H27FN4O. The van der Waals surface area contributed by atoms with Gasteiger partial charge in [-0.3, -0.25) is 9.69 Å². The third-order valence-corrected chi connectivity index (χ3v) is 7.10. The van der Waals surface area contributed by atoms with Gasteiger partial charge in [0.15, 0.2) is 0 Å². The highest BCUT2D eigenvalue weighted by atomic mass is 19.1. The minimum atomic E-state index is -0.201. The molecule has 4 saturated heterocycles. The lowest BCUT2D eigenvalue weighted by Crippen LogP contribution is -2.60. The van der Waals surface area contributed by atoms with Crippen LogP contribution >= 0.6 is 0 Å². The minimum absolute atomic E-state index is 0.201. The molecule has 3 atom stereocenters. The zero-order chi connectivity index (χ0) is 19.3. The molecule has 1 amide bonds. The SMILES string of the molecule is Cc1nccn1CCC(=O)N1C[C@H](c2ccc(F)cc2)[C@H]2[C@@H]1C1CCN2CC1. The number of likely N-dealkylation sites (tertiary alicyclic amines) is 1. The minimum Gasteiger partial charge on any atom is -0.337 e. The van der Waals surface area contributed by atoms with Gasteiger partial charge >= 0.3 is 0 Å². The van der Waals surface area contributed by atoms with Crippen LogP contribution in [0.15, 0.2) is 36.7 Å². The normalized spacial score (nSPS) is 31.2. The maximum Gasteiger partial charge on any atom is 0.224 e. The van der Waals surface area contributed by atoms with Gasteiger partial charge in [0.2, 0.25) is 5.91 Å². The Morgan fingerprint density at radius 3 is 2.61 bits per heavy atom. The summed E-state index contributed by atoms with van der Waals surface area (Å²) in [6.45, 7) is 5.64. The number of carbonyl (C=O) groups excluding carboxylic acids is 1. The summed E-state index contributed by atoms with van der Waals surface area (Å²) in [5.74, 6) is 1.85. The Labute approximate surface area is 165 Å². The van der Waals surface area contributed by atoms with Gasteiger partial charge in [-0.1, -0.05) is 12.1 Å². The van der Waals surface area contributed by atoms with E-state index in [0.29, 0.717) is 31.0 Å². The number of hydrogen-bond acceptors (Lipinski definition) is 3. The largest absolute Gasteiger partial charge is 0.337 e. The molecular weight excluding hydrogens is 355 g/mol. The number of hydrogen-bond donors (Lipinski definition) is 0. The second kappa shape index (κ2) is 6.99. The number of fused-ring (bicyclic) bond motifs is 2. The molecule has 0 spiro atoms. The summed E-state index contributed by atoms with van der Waals surface area (Å²) in [5.41, 5.74) is 1.16. The summed E-state index contributed by atoms with van der Waals surface area (Å²) in [6, 6.07) is 7.58. The molecule has 2 bridgehead atoms. The molecule has 6 rings (SSSR count). The van der Waals surface area contributed by atoms with Crippen molar-refractivity contribution < 1.29 is 9.18 Å². The quantitative estimate of drug-likeness (QED) is 0.817. The summed E-state index contributed by atoms with van der Waals surface area (Å²) >= 11 is 0. The van der Waals surface area contributed by atoms with E-state index in [1.165, 1.54) is 12.8 Å². The topological polar surface area (TPSA) is 41.4 Å². The average molecular weight is 382 g/mol. The van der Waals surface area contributed by atoms with E-state index in [9.17, 15) is 9.18 Å². The van der Waals surface area contributed by atoms with Crippen LogP contribution in [-0.4, -0.2) is 57.0 Å². The van der Waals surface area contributed by atoms with Crippen LogP contribution in [-0.2, 0) is 11.3 Å². The van der Waals surface area contributed by atoms with Gasteiger partial charge in [-0.25, -0.2) is 9.37 Å². The van der Waals surface area contributed by atoms with Gasteiger partial charge in [-0.2, -0.15) is 0 Å². The zero-order valence-corrected chi connectivity index (χ0v) is 16.3. The van der Waals surface area contributed by atoms with Gasteiger partial charge in [0.1, 0.15) is 11.6 Å². The van der Waals surface area contributed by atoms with Gasteiger partial charge < -0.3 is 9.47 Å². The highest BCUT2D eigenvalue weighted by Gasteiger charge is 2.54. The molecule has 4 fully saturated rings. The fraction of sp³-hybridized carbons (Fsp3) is 0.545. The molecule has 148 valence electrons. The number of aromatic nitrogens is 2. The molecule has 2 aromatic rings. The van der Waals surface area contributed by atoms with Crippen LogP contribution in [0.4, 0.5) is 4.39 Å². The first-order chi connectivity index (χ1) is 13.6. The second-order valence-corrected chi connectivity index (χ2v) is 8.48. The number of aryl methyl sites for hydroxylation is 2. The van der Waals surface area contributed by atoms with Crippen molar-refractivity contribution >= 4 is 5.91 Å². The molecule has 28 heavy (non-hydrogen) atoms. The molecule has 1 aromatic carbocycles. The van der Waals surface area contributed by atoms with Gasteiger partial charge in [0, 0.05) is 43.9 Å². The van der Waals surface area contributed by atoms with Crippen molar-refractivity contribution in [3.8, 4) is 0 Å². The molecule has 0 aliphatic carbocycles. The Hall–Kier alpha value is -2.21. The van der Waals surface area contributed by atoms with Gasteiger partial charge in [-0.05, 0) is 56.5 Å². The van der Waals surface area contributed by atoms with Crippen LogP contribution in [0.1, 0.15) is 36.6 Å². The van der Waals surface area contributed by atoms with E-state index in [-0.39, 0.29) is 17.6 Å². The maximum absolute atomic E-state index is 13.4. The molecule has 0 saturated carbocycles. The van der Waals surface area contributed by atoms with E-state index in [2.05, 4.69) is 14.8 Å². The first-order valence-corrected chi connectivity index (χ1v) is 10.4. The average Bonchev–Trinajstić information content (AvgIpc) is 3.33. The van der Waals surface area contributed by atoms with Crippen LogP contribution in [0, 0.1) is 18.7 Å². The van der Waals surface area contributed by atoms with Crippen molar-refractivity contribution in [1.82, 2.24) is 19.4 Å². The summed E-state index contributed by atoms with van der Waals surface area (Å²) in [7, 11) is 0. The number of halogens is 1. The van der Waals surface area contributed by atoms with Gasteiger partial charge in [0.25, 0.3) is 0 Å². The highest BCUT2D eigenvalue weighted by molar-refractivity contribution is 5.77. The molecule has 0 radical (unpaired) electrons. The molecule has 5 heterocycles. The number of piperidine rings is 3. The third-order valence-electron chi connectivity index (χ3n) is 7.10. The fourth-order valence-electron chi connectivity index (χ4n) is 5.71. The van der Waals surface area contributed by atoms with Crippen molar-refractivity contribution in [2.45, 2.75) is 50.7 Å². The highest BCUT2D eigenvalue weighted by Crippen LogP contribution is 2.46. The lowest BCUT2D eigenvalue weighted by atomic mass is 9.75. The third kappa shape index (κ3) is 2.94. The standard InChI is InChI=1S/C22H27FN4O/c1-15-24-9-13-25(15)12-8-20(28)27-14-19(16-2-4-18(23)5-3-16)22-21(27)17-6-10-26(22)11-7-17/h2-5,9,13,17,19,21-22H,6-8,10-12,14H2,1H3/t19-,21+,22+/m1/s1. The van der Waals surface area contributed by atoms with E-state index < -0.39 is 0 Å². The summed E-state index contributed by atoms with van der Waals surface area (Å²) in [6.07, 6.45) is 6.58. The first-order valence-electron chi connectivity index (χ1n) is 10.4. The maximum atomic E-state index is 13.4. The van der Waals surface area contributed by atoms with Crippen molar-refractivity contribution in [2.75, 3.05) is 19.6 Å². The van der Waals surface area contributed by atoms with Crippen LogP contribution in [0.25, 0.3) is 0 Å². The zero-order valence-electron chi connectivity index (χ0n) is 16.3. The number of nitrogens with zero attached hydrogens (tertiary/aromatic N) is 4. The smallest absolute Gasteiger partial charge is 0.224 e. The predicted octanol–water partition coefficient (Wildman–Crippen LogP) is 2.81. The van der Waals surface area contributed by atoms with E-state index in [0.717, 1.165) is 31.0 Å². The van der Waals surface area contributed by atoms with Crippen molar-refractivity contribution in [3.05, 3.63) is 53.9 Å². The summed E-state index contributed by atoms with van der Waals surface area (Å²) in [4.78, 5) is 22.2. The Morgan fingerprint density at radius 1 is 1.18 bits per heavy atom. The summed E-state index contributed by atoms with van der Waals surface area (Å²) < 4.78 is 15.5. The Bertz CT molecular complexity index is 856. The number of benzene rings is 1. The van der Waals surface area contributed by atoms with E-state index in [1.807, 2.05) is 29.8 Å². The predicted molar refractivity (Wildman–Crippen MR) is 104 cm³/mol. The van der Waals surface area contributed by atoms with E-state index in [4.69, 9.17) is 0 Å². The molecule has 1 aromatic heterocycles. The van der Waals surface area contributed by atoms with E-state index in [1.54, 1.807) is 18.3 Å². The lowest BCUT2D eigenvalue weighted by molar-refractivity contribution is -0.136. The number of amides is 1. The van der Waals surface area contributed by atoms with Gasteiger partial charge in [-0.15, -0.1) is 0 Å². The molecule has 5 nitrogen and oxygen atoms in total. The number of imidazole rings is 1. The molecule has 4 aliphatic heterocycles. The Kier molecular flexibility index (Phi) is 4.46. The molecule has 4 aliphatic rings. The Morgan fingerprint density at radius 2 is 1.93 bits per heavy atom. The van der Waals surface area contributed by atoms with Crippen molar-refractivity contribution in [1.29, 1.82) is 0 Å². The summed E-state index contributed by atoms with van der Waals surface area (Å²) in [5, 5.41) is 0. The van der Waals surface area contributed by atoms with Crippen LogP contribution in [0.3, 0.4) is 0 Å². The molecule has 6 heteroatoms. The Balaban J connectivity index is 1.39. The second-order valence-electron chi connectivity index (χ2n) is 8.48. The van der Waals surface area contributed by atoms with E-state index >= 15 is 0 Å². The van der Waals surface area contributed by atoms with Gasteiger partial charge in [0.05, 0.1) is 6.04 Å². The number of rotatable bonds is 4. The fourth-order valence-corrected chi connectivity index (χ4v) is 5.71. The van der Waals surface area contributed by atoms with Crippen molar-refractivity contribution in [3.63, 3.8) is 0 Å². The van der Waals surface area contributed by atoms with Crippen LogP contribution in [0.5, 0.6) is 0 Å². The number of carbonyl (C=O) groups is 1. The van der Waals surface area contributed by atoms with Crippen LogP contribution < -0.4 is 0 Å². The van der Waals surface area contributed by atoms with Crippen LogP contribution in [0.2, 0.25) is 0 Å². The lowest BCUT2D eigenvalue weighted by Gasteiger charge is -2.51. The molecule has 0 N–H and O–H groups in total. The monoisotopic (exact) mass is 382 g/mol. The molecule has 0 unspecified atom stereocenters. The first kappa shape index (κ1) is 17.9. The van der Waals surface area contributed by atoms with Crippen molar-refractivity contribution in [2.24, 2.45) is 5.92 Å².